The van der Waals surface area contributed by atoms with Crippen LogP contribution >= 0.6 is 0 Å². The summed E-state index contributed by atoms with van der Waals surface area (Å²) in [6.45, 7) is 0.431. The van der Waals surface area contributed by atoms with Crippen molar-refractivity contribution in [2.45, 2.75) is 6.61 Å². The molecular formula is C22H20N4O2. The van der Waals surface area contributed by atoms with Crippen molar-refractivity contribution in [2.24, 2.45) is 7.05 Å². The minimum atomic E-state index is 0.431. The summed E-state index contributed by atoms with van der Waals surface area (Å²) < 4.78 is 13.0. The molecule has 4 rings (SSSR count). The first-order chi connectivity index (χ1) is 13.7. The van der Waals surface area contributed by atoms with E-state index in [1.54, 1.807) is 30.4 Å². The topological polar surface area (TPSA) is 62.1 Å². The van der Waals surface area contributed by atoms with E-state index in [1.165, 1.54) is 0 Å². The molecule has 0 N–H and O–H groups in total. The van der Waals surface area contributed by atoms with E-state index in [9.17, 15) is 0 Å². The van der Waals surface area contributed by atoms with E-state index in [1.807, 2.05) is 61.8 Å². The summed E-state index contributed by atoms with van der Waals surface area (Å²) in [6, 6.07) is 15.8. The number of benzene rings is 1. The zero-order valence-electron chi connectivity index (χ0n) is 15.7. The summed E-state index contributed by atoms with van der Waals surface area (Å²) in [5.41, 5.74) is 4.92. The fraction of sp³-hybridized carbons (Fsp3) is 0.136. The largest absolute Gasteiger partial charge is 0.497 e. The fourth-order valence-electron chi connectivity index (χ4n) is 2.92. The Morgan fingerprint density at radius 1 is 0.929 bits per heavy atom. The maximum atomic E-state index is 5.99. The lowest BCUT2D eigenvalue weighted by molar-refractivity contribution is 0.292. The van der Waals surface area contributed by atoms with Crippen LogP contribution in [0.25, 0.3) is 22.4 Å². The van der Waals surface area contributed by atoms with Crippen molar-refractivity contribution >= 4 is 0 Å². The van der Waals surface area contributed by atoms with Gasteiger partial charge >= 0.3 is 0 Å². The SMILES string of the molecule is COc1ccnc(-c2ccc(COc3nn(C)cc3-c3ccncc3)cc2)c1. The van der Waals surface area contributed by atoms with E-state index < -0.39 is 0 Å². The molecule has 6 heteroatoms. The average Bonchev–Trinajstić information content (AvgIpc) is 3.14. The number of nitrogens with zero attached hydrogens (tertiary/aromatic N) is 4. The summed E-state index contributed by atoms with van der Waals surface area (Å²) in [5.74, 6) is 1.39. The third-order valence-electron chi connectivity index (χ3n) is 4.38. The molecule has 0 unspecified atom stereocenters. The van der Waals surface area contributed by atoms with Gasteiger partial charge in [0.1, 0.15) is 12.4 Å². The lowest BCUT2D eigenvalue weighted by Crippen LogP contribution is -1.98. The summed E-state index contributed by atoms with van der Waals surface area (Å²) >= 11 is 0. The summed E-state index contributed by atoms with van der Waals surface area (Å²) in [4.78, 5) is 8.46. The standard InChI is InChI=1S/C22H20N4O2/c1-26-14-20(17-7-10-23-11-8-17)22(25-26)28-15-16-3-5-18(6-4-16)21-13-19(27-2)9-12-24-21/h3-14H,15H2,1-2H3. The zero-order valence-corrected chi connectivity index (χ0v) is 15.7. The van der Waals surface area contributed by atoms with E-state index in [-0.39, 0.29) is 0 Å². The summed E-state index contributed by atoms with van der Waals surface area (Å²) in [6.07, 6.45) is 7.21. The normalized spacial score (nSPS) is 10.6. The minimum Gasteiger partial charge on any atom is -0.497 e. The van der Waals surface area contributed by atoms with Crippen molar-refractivity contribution in [2.75, 3.05) is 7.11 Å². The molecule has 0 aliphatic carbocycles. The number of hydrogen-bond acceptors (Lipinski definition) is 5. The molecule has 0 radical (unpaired) electrons. The molecular weight excluding hydrogens is 352 g/mol. The first-order valence-electron chi connectivity index (χ1n) is 8.89. The molecule has 140 valence electrons. The second-order valence-electron chi connectivity index (χ2n) is 6.32. The Morgan fingerprint density at radius 2 is 1.71 bits per heavy atom. The van der Waals surface area contributed by atoms with Gasteiger partial charge in [-0.05, 0) is 29.3 Å². The molecule has 0 bridgehead atoms. The zero-order chi connectivity index (χ0) is 19.3. The van der Waals surface area contributed by atoms with E-state index in [2.05, 4.69) is 15.1 Å². The van der Waals surface area contributed by atoms with Crippen molar-refractivity contribution in [1.29, 1.82) is 0 Å². The number of aromatic nitrogens is 4. The van der Waals surface area contributed by atoms with Gasteiger partial charge in [0.2, 0.25) is 5.88 Å². The number of hydrogen-bond donors (Lipinski definition) is 0. The van der Waals surface area contributed by atoms with Crippen LogP contribution in [0.15, 0.2) is 73.3 Å². The molecule has 0 spiro atoms. The fourth-order valence-corrected chi connectivity index (χ4v) is 2.92. The van der Waals surface area contributed by atoms with Crippen LogP contribution in [0, 0.1) is 0 Å². The van der Waals surface area contributed by atoms with Crippen LogP contribution in [0.2, 0.25) is 0 Å². The smallest absolute Gasteiger partial charge is 0.241 e. The highest BCUT2D eigenvalue weighted by atomic mass is 16.5. The monoisotopic (exact) mass is 372 g/mol. The highest BCUT2D eigenvalue weighted by molar-refractivity contribution is 5.67. The lowest BCUT2D eigenvalue weighted by atomic mass is 10.1. The molecule has 28 heavy (non-hydrogen) atoms. The number of pyridine rings is 2. The Hall–Kier alpha value is -3.67. The maximum Gasteiger partial charge on any atom is 0.241 e. The first-order valence-corrected chi connectivity index (χ1v) is 8.89. The van der Waals surface area contributed by atoms with Gasteiger partial charge in [-0.3, -0.25) is 14.6 Å². The van der Waals surface area contributed by atoms with E-state index in [0.717, 1.165) is 33.7 Å². The Kier molecular flexibility index (Phi) is 5.01. The van der Waals surface area contributed by atoms with Crippen molar-refractivity contribution in [3.8, 4) is 34.0 Å². The molecule has 3 aromatic heterocycles. The van der Waals surface area contributed by atoms with Gasteiger partial charge < -0.3 is 9.47 Å². The molecule has 3 heterocycles. The highest BCUT2D eigenvalue weighted by Crippen LogP contribution is 2.29. The van der Waals surface area contributed by atoms with Gasteiger partial charge in [-0.1, -0.05) is 24.3 Å². The number of rotatable bonds is 6. The number of methoxy groups -OCH3 is 1. The molecule has 0 saturated heterocycles. The van der Waals surface area contributed by atoms with Crippen molar-refractivity contribution < 1.29 is 9.47 Å². The minimum absolute atomic E-state index is 0.431. The lowest BCUT2D eigenvalue weighted by Gasteiger charge is -2.08. The Morgan fingerprint density at radius 3 is 2.46 bits per heavy atom. The van der Waals surface area contributed by atoms with Crippen molar-refractivity contribution in [3.05, 3.63) is 78.9 Å². The van der Waals surface area contributed by atoms with Crippen LogP contribution in [-0.2, 0) is 13.7 Å². The van der Waals surface area contributed by atoms with Gasteiger partial charge in [0.25, 0.3) is 0 Å². The van der Waals surface area contributed by atoms with Gasteiger partial charge in [0.05, 0.1) is 18.4 Å². The van der Waals surface area contributed by atoms with Gasteiger partial charge in [-0.25, -0.2) is 0 Å². The number of aryl methyl sites for hydroxylation is 1. The van der Waals surface area contributed by atoms with Crippen molar-refractivity contribution in [3.63, 3.8) is 0 Å². The molecule has 0 aliphatic rings. The quantitative estimate of drug-likeness (QED) is 0.509. The van der Waals surface area contributed by atoms with E-state index in [0.29, 0.717) is 12.5 Å². The number of ether oxygens (including phenoxy) is 2. The molecule has 4 aromatic rings. The van der Waals surface area contributed by atoms with Crippen LogP contribution < -0.4 is 9.47 Å². The average molecular weight is 372 g/mol. The maximum absolute atomic E-state index is 5.99. The van der Waals surface area contributed by atoms with Crippen LogP contribution in [0.3, 0.4) is 0 Å². The van der Waals surface area contributed by atoms with Crippen molar-refractivity contribution in [1.82, 2.24) is 19.7 Å². The van der Waals surface area contributed by atoms with Crippen LogP contribution in [0.4, 0.5) is 0 Å². The Balaban J connectivity index is 1.49. The Bertz CT molecular complexity index is 1060. The third kappa shape index (κ3) is 3.86. The molecule has 6 nitrogen and oxygen atoms in total. The predicted molar refractivity (Wildman–Crippen MR) is 107 cm³/mol. The van der Waals surface area contributed by atoms with Crippen LogP contribution in [0.5, 0.6) is 11.6 Å². The summed E-state index contributed by atoms with van der Waals surface area (Å²) in [7, 11) is 3.53. The van der Waals surface area contributed by atoms with Gasteiger partial charge in [0.15, 0.2) is 0 Å². The van der Waals surface area contributed by atoms with Gasteiger partial charge in [-0.15, -0.1) is 5.10 Å². The second kappa shape index (κ2) is 7.92. The predicted octanol–water partition coefficient (Wildman–Crippen LogP) is 4.13. The van der Waals surface area contributed by atoms with Crippen LogP contribution in [-0.4, -0.2) is 26.9 Å². The second-order valence-corrected chi connectivity index (χ2v) is 6.32. The van der Waals surface area contributed by atoms with Gasteiger partial charge in [-0.2, -0.15) is 0 Å². The van der Waals surface area contributed by atoms with E-state index >= 15 is 0 Å². The third-order valence-corrected chi connectivity index (χ3v) is 4.38. The molecule has 0 amide bonds. The molecule has 0 fully saturated rings. The molecule has 0 atom stereocenters. The highest BCUT2D eigenvalue weighted by Gasteiger charge is 2.11. The Labute approximate surface area is 163 Å². The first kappa shape index (κ1) is 17.7. The van der Waals surface area contributed by atoms with E-state index in [4.69, 9.17) is 9.47 Å². The summed E-state index contributed by atoms with van der Waals surface area (Å²) in [5, 5.41) is 4.44. The molecule has 0 saturated carbocycles. The molecule has 1 aromatic carbocycles. The molecule has 0 aliphatic heterocycles. The van der Waals surface area contributed by atoms with Crippen LogP contribution in [0.1, 0.15) is 5.56 Å². The van der Waals surface area contributed by atoms with Gasteiger partial charge in [0, 0.05) is 43.5 Å².